The number of carbonyl (C=O) groups excluding carboxylic acids is 1. The molecule has 2 aromatic rings. The highest BCUT2D eigenvalue weighted by molar-refractivity contribution is 7.80. The van der Waals surface area contributed by atoms with Gasteiger partial charge in [-0.05, 0) is 36.5 Å². The Hall–Kier alpha value is -3.97. The third-order valence-corrected chi connectivity index (χ3v) is 3.35. The molecule has 0 radical (unpaired) electrons. The van der Waals surface area contributed by atoms with E-state index >= 15 is 0 Å². The van der Waals surface area contributed by atoms with Crippen LogP contribution < -0.4 is 27.3 Å². The molecule has 0 saturated carbocycles. The van der Waals surface area contributed by atoms with Crippen molar-refractivity contribution in [2.75, 3.05) is 10.7 Å². The summed E-state index contributed by atoms with van der Waals surface area (Å²) in [6, 6.07) is 17.4. The zero-order valence-corrected chi connectivity index (χ0v) is 14.8. The number of anilines is 2. The number of nitrogens with two attached hydrogens (primary N) is 1. The Kier molecular flexibility index (Phi) is 6.81. The number of nitriles is 1. The SMILES string of the molecule is N#C/C(=N\Nc1ccccc1C(=O)NNC(=S)Nc1ccccc1)C(=N)N. The highest BCUT2D eigenvalue weighted by Crippen LogP contribution is 2.14. The van der Waals surface area contributed by atoms with Crippen molar-refractivity contribution in [1.29, 1.82) is 10.7 Å². The Morgan fingerprint density at radius 2 is 1.78 bits per heavy atom. The van der Waals surface area contributed by atoms with Crippen LogP contribution in [0.15, 0.2) is 59.7 Å². The van der Waals surface area contributed by atoms with E-state index in [0.717, 1.165) is 5.69 Å². The molecule has 136 valence electrons. The van der Waals surface area contributed by atoms with Crippen molar-refractivity contribution in [2.45, 2.75) is 0 Å². The van der Waals surface area contributed by atoms with Gasteiger partial charge in [-0.3, -0.25) is 26.5 Å². The molecule has 0 bridgehead atoms. The van der Waals surface area contributed by atoms with Gasteiger partial charge in [-0.1, -0.05) is 30.3 Å². The number of nitrogens with one attached hydrogen (secondary N) is 5. The number of hydrogen-bond acceptors (Lipinski definition) is 6. The van der Waals surface area contributed by atoms with Gasteiger partial charge in [0.15, 0.2) is 10.9 Å². The van der Waals surface area contributed by atoms with Crippen LogP contribution in [0.25, 0.3) is 0 Å². The van der Waals surface area contributed by atoms with Crippen molar-refractivity contribution in [3.63, 3.8) is 0 Å². The quantitative estimate of drug-likeness (QED) is 0.199. The number of nitrogens with zero attached hydrogens (tertiary/aromatic N) is 2. The minimum absolute atomic E-state index is 0.210. The van der Waals surface area contributed by atoms with Crippen molar-refractivity contribution < 1.29 is 4.79 Å². The summed E-state index contributed by atoms with van der Waals surface area (Å²) in [7, 11) is 0. The van der Waals surface area contributed by atoms with Crippen molar-refractivity contribution in [2.24, 2.45) is 10.8 Å². The van der Waals surface area contributed by atoms with E-state index < -0.39 is 11.7 Å². The van der Waals surface area contributed by atoms with Gasteiger partial charge in [-0.15, -0.1) is 0 Å². The van der Waals surface area contributed by atoms with Crippen LogP contribution in [0.4, 0.5) is 11.4 Å². The van der Waals surface area contributed by atoms with Gasteiger partial charge in [0.1, 0.15) is 6.07 Å². The van der Waals surface area contributed by atoms with E-state index in [2.05, 4.69) is 26.7 Å². The largest absolute Gasteiger partial charge is 0.382 e. The van der Waals surface area contributed by atoms with Gasteiger partial charge in [0.05, 0.1) is 11.3 Å². The maximum absolute atomic E-state index is 12.4. The smallest absolute Gasteiger partial charge is 0.271 e. The summed E-state index contributed by atoms with van der Waals surface area (Å²) in [5.74, 6) is -0.960. The summed E-state index contributed by atoms with van der Waals surface area (Å²) in [5, 5.41) is 23.0. The van der Waals surface area contributed by atoms with Crippen molar-refractivity contribution >= 4 is 46.2 Å². The fourth-order valence-corrected chi connectivity index (χ4v) is 2.07. The zero-order valence-electron chi connectivity index (χ0n) is 14.0. The van der Waals surface area contributed by atoms with E-state index in [9.17, 15) is 4.79 Å². The highest BCUT2D eigenvalue weighted by Gasteiger charge is 2.11. The number of amidine groups is 1. The second-order valence-electron chi connectivity index (χ2n) is 5.04. The lowest BCUT2D eigenvalue weighted by Crippen LogP contribution is -2.43. The van der Waals surface area contributed by atoms with Crippen molar-refractivity contribution in [1.82, 2.24) is 10.9 Å². The van der Waals surface area contributed by atoms with Crippen molar-refractivity contribution in [3.05, 3.63) is 60.2 Å². The summed E-state index contributed by atoms with van der Waals surface area (Å²) >= 11 is 5.12. The average Bonchev–Trinajstić information content (AvgIpc) is 2.67. The van der Waals surface area contributed by atoms with Gasteiger partial charge in [-0.25, -0.2) is 0 Å². The van der Waals surface area contributed by atoms with Crippen LogP contribution in [0, 0.1) is 16.7 Å². The van der Waals surface area contributed by atoms with Crippen LogP contribution in [0.3, 0.4) is 0 Å². The zero-order chi connectivity index (χ0) is 19.6. The third-order valence-electron chi connectivity index (χ3n) is 3.14. The van der Waals surface area contributed by atoms with E-state index in [1.807, 2.05) is 30.3 Å². The molecule has 0 aromatic heterocycles. The second-order valence-corrected chi connectivity index (χ2v) is 5.45. The standard InChI is InChI=1S/C17H16N8OS/c18-10-14(15(19)20)23-22-13-9-5-4-8-12(13)16(26)24-25-17(27)21-11-6-2-1-3-7-11/h1-9,22H,(H3,19,20)(H,24,26)(H2,21,25,27)/b23-14+. The van der Waals surface area contributed by atoms with Crippen molar-refractivity contribution in [3.8, 4) is 6.07 Å². The molecule has 10 heteroatoms. The Morgan fingerprint density at radius 3 is 2.44 bits per heavy atom. The van der Waals surface area contributed by atoms with Crippen LogP contribution in [-0.4, -0.2) is 22.6 Å². The van der Waals surface area contributed by atoms with Crippen LogP contribution >= 0.6 is 12.2 Å². The first-order valence-electron chi connectivity index (χ1n) is 7.61. The van der Waals surface area contributed by atoms with Gasteiger partial charge in [0.25, 0.3) is 5.91 Å². The Labute approximate surface area is 160 Å². The van der Waals surface area contributed by atoms with E-state index in [1.54, 1.807) is 30.3 Å². The molecule has 0 aliphatic heterocycles. The van der Waals surface area contributed by atoms with Crippen LogP contribution in [-0.2, 0) is 0 Å². The Bertz CT molecular complexity index is 920. The number of rotatable bonds is 5. The molecule has 2 rings (SSSR count). The predicted octanol–water partition coefficient (Wildman–Crippen LogP) is 1.55. The molecule has 0 spiro atoms. The fraction of sp³-hybridized carbons (Fsp3) is 0. The number of benzene rings is 2. The molecule has 0 saturated heterocycles. The number of carbonyl (C=O) groups is 1. The molecule has 7 N–H and O–H groups in total. The monoisotopic (exact) mass is 380 g/mol. The van der Waals surface area contributed by atoms with E-state index in [4.69, 9.17) is 28.6 Å². The predicted molar refractivity (Wildman–Crippen MR) is 108 cm³/mol. The van der Waals surface area contributed by atoms with Gasteiger partial charge in [0.2, 0.25) is 5.71 Å². The molecule has 0 aliphatic carbocycles. The highest BCUT2D eigenvalue weighted by atomic mass is 32.1. The van der Waals surface area contributed by atoms with Crippen LogP contribution in [0.2, 0.25) is 0 Å². The number of hydrazone groups is 1. The number of thiocarbonyl (C=S) groups is 1. The number of amides is 1. The summed E-state index contributed by atoms with van der Waals surface area (Å²) in [6.45, 7) is 0. The second kappa shape index (κ2) is 9.50. The number of hydrogen-bond donors (Lipinski definition) is 6. The average molecular weight is 380 g/mol. The lowest BCUT2D eigenvalue weighted by atomic mass is 10.2. The third kappa shape index (κ3) is 5.80. The summed E-state index contributed by atoms with van der Waals surface area (Å²) in [4.78, 5) is 12.4. The molecule has 27 heavy (non-hydrogen) atoms. The first-order chi connectivity index (χ1) is 13.0. The van der Waals surface area contributed by atoms with E-state index in [1.165, 1.54) is 0 Å². The fourth-order valence-electron chi connectivity index (χ4n) is 1.90. The maximum Gasteiger partial charge on any atom is 0.271 e. The van der Waals surface area contributed by atoms with Gasteiger partial charge in [-0.2, -0.15) is 10.4 Å². The Balaban J connectivity index is 2.01. The molecular weight excluding hydrogens is 364 g/mol. The van der Waals surface area contributed by atoms with Gasteiger partial charge in [0, 0.05) is 5.69 Å². The van der Waals surface area contributed by atoms with Crippen LogP contribution in [0.5, 0.6) is 0 Å². The molecule has 1 amide bonds. The molecule has 0 aliphatic rings. The number of para-hydroxylation sites is 2. The topological polar surface area (TPSA) is 151 Å². The lowest BCUT2D eigenvalue weighted by Gasteiger charge is -2.13. The molecule has 0 heterocycles. The minimum atomic E-state index is -0.481. The van der Waals surface area contributed by atoms with E-state index in [0.29, 0.717) is 5.69 Å². The molecular formula is C17H16N8OS. The molecule has 0 atom stereocenters. The summed E-state index contributed by atoms with van der Waals surface area (Å²) < 4.78 is 0. The number of hydrazine groups is 1. The summed E-state index contributed by atoms with van der Waals surface area (Å²) in [5.41, 5.74) is 13.9. The molecule has 0 fully saturated rings. The van der Waals surface area contributed by atoms with Gasteiger partial charge < -0.3 is 11.1 Å². The van der Waals surface area contributed by atoms with Gasteiger partial charge >= 0.3 is 0 Å². The first-order valence-corrected chi connectivity index (χ1v) is 8.01. The molecule has 0 unspecified atom stereocenters. The van der Waals surface area contributed by atoms with Crippen LogP contribution in [0.1, 0.15) is 10.4 Å². The maximum atomic E-state index is 12.4. The van der Waals surface area contributed by atoms with E-state index in [-0.39, 0.29) is 16.4 Å². The normalized spacial score (nSPS) is 10.3. The summed E-state index contributed by atoms with van der Waals surface area (Å²) in [6.07, 6.45) is 0. The minimum Gasteiger partial charge on any atom is -0.382 e. The lowest BCUT2D eigenvalue weighted by molar-refractivity contribution is 0.0945. The Morgan fingerprint density at radius 1 is 1.11 bits per heavy atom. The molecule has 9 nitrogen and oxygen atoms in total. The first kappa shape index (κ1) is 19.4. The molecule has 2 aromatic carbocycles.